The maximum absolute atomic E-state index is 13.0. The van der Waals surface area contributed by atoms with Gasteiger partial charge in [0.05, 0.1) is 26.4 Å². The van der Waals surface area contributed by atoms with Gasteiger partial charge in [0.15, 0.2) is 0 Å². The highest BCUT2D eigenvalue weighted by atomic mass is 16.5. The number of hydrogen-bond acceptors (Lipinski definition) is 6. The predicted molar refractivity (Wildman–Crippen MR) is 117 cm³/mol. The Balaban J connectivity index is 2.82. The largest absolute Gasteiger partial charge is 0.492 e. The molecule has 164 valence electrons. The molecule has 2 aromatic rings. The van der Waals surface area contributed by atoms with Crippen LogP contribution in [-0.2, 0) is 9.47 Å². The molecule has 2 rings (SSSR count). The molecule has 0 aliphatic carbocycles. The zero-order valence-corrected chi connectivity index (χ0v) is 18.4. The molecule has 0 heterocycles. The fraction of sp³-hybridized carbons (Fsp3) is 0.500. The number of esters is 2. The lowest BCUT2D eigenvalue weighted by Crippen LogP contribution is -2.19. The summed E-state index contributed by atoms with van der Waals surface area (Å²) in [5, 5.41) is 1.41. The molecule has 0 radical (unpaired) electrons. The van der Waals surface area contributed by atoms with Crippen molar-refractivity contribution in [2.75, 3.05) is 26.4 Å². The lowest BCUT2D eigenvalue weighted by atomic mass is 9.97. The zero-order chi connectivity index (χ0) is 21.9. The van der Waals surface area contributed by atoms with Gasteiger partial charge in [-0.2, -0.15) is 0 Å². The molecule has 0 saturated heterocycles. The molecule has 0 aliphatic heterocycles. The first-order valence-electron chi connectivity index (χ1n) is 10.8. The van der Waals surface area contributed by atoms with Crippen molar-refractivity contribution in [1.29, 1.82) is 0 Å². The van der Waals surface area contributed by atoms with Crippen molar-refractivity contribution in [3.8, 4) is 11.5 Å². The van der Waals surface area contributed by atoms with Crippen LogP contribution in [0.2, 0.25) is 0 Å². The SMILES string of the molecule is CCCCOc1c(C(=O)OCC)c(C(=O)OCC)c(OCCCC)c2ccccc12. The predicted octanol–water partition coefficient (Wildman–Crippen LogP) is 5.55. The minimum absolute atomic E-state index is 0.0663. The number of benzene rings is 2. The smallest absolute Gasteiger partial charge is 0.342 e. The second-order valence-corrected chi connectivity index (χ2v) is 6.80. The lowest BCUT2D eigenvalue weighted by molar-refractivity contribution is 0.0471. The first kappa shape index (κ1) is 23.5. The standard InChI is InChI=1S/C24H32O6/c1-5-9-15-29-21-17-13-11-12-14-18(17)22(30-16-10-6-2)20(24(26)28-8-4)19(21)23(25)27-7-3/h11-14H,5-10,15-16H2,1-4H3. The molecular weight excluding hydrogens is 384 g/mol. The molecule has 0 atom stereocenters. The maximum atomic E-state index is 13.0. The summed E-state index contributed by atoms with van der Waals surface area (Å²) in [6.07, 6.45) is 3.52. The third kappa shape index (κ3) is 5.43. The fourth-order valence-electron chi connectivity index (χ4n) is 3.11. The van der Waals surface area contributed by atoms with E-state index in [4.69, 9.17) is 18.9 Å². The molecule has 0 unspecified atom stereocenters. The van der Waals surface area contributed by atoms with Crippen LogP contribution in [0.3, 0.4) is 0 Å². The monoisotopic (exact) mass is 416 g/mol. The van der Waals surface area contributed by atoms with Gasteiger partial charge in [0.1, 0.15) is 22.6 Å². The maximum Gasteiger partial charge on any atom is 0.342 e. The van der Waals surface area contributed by atoms with Crippen molar-refractivity contribution < 1.29 is 28.5 Å². The molecule has 0 saturated carbocycles. The van der Waals surface area contributed by atoms with Gasteiger partial charge in [-0.05, 0) is 26.7 Å². The molecule has 0 amide bonds. The van der Waals surface area contributed by atoms with Crippen molar-refractivity contribution in [1.82, 2.24) is 0 Å². The first-order chi connectivity index (χ1) is 14.6. The van der Waals surface area contributed by atoms with Gasteiger partial charge in [0, 0.05) is 10.8 Å². The molecule has 2 aromatic carbocycles. The van der Waals surface area contributed by atoms with Gasteiger partial charge in [-0.25, -0.2) is 9.59 Å². The van der Waals surface area contributed by atoms with E-state index < -0.39 is 11.9 Å². The molecule has 0 spiro atoms. The van der Waals surface area contributed by atoms with Crippen molar-refractivity contribution in [2.24, 2.45) is 0 Å². The molecule has 0 bridgehead atoms. The summed E-state index contributed by atoms with van der Waals surface area (Å²) >= 11 is 0. The Morgan fingerprint density at radius 1 is 0.700 bits per heavy atom. The van der Waals surface area contributed by atoms with E-state index in [1.807, 2.05) is 24.3 Å². The van der Waals surface area contributed by atoms with E-state index in [2.05, 4.69) is 13.8 Å². The van der Waals surface area contributed by atoms with Crippen LogP contribution >= 0.6 is 0 Å². The number of unbranched alkanes of at least 4 members (excludes halogenated alkanes) is 2. The van der Waals surface area contributed by atoms with Crippen LogP contribution in [0.15, 0.2) is 24.3 Å². The number of carbonyl (C=O) groups is 2. The van der Waals surface area contributed by atoms with E-state index in [0.717, 1.165) is 25.7 Å². The number of hydrogen-bond donors (Lipinski definition) is 0. The molecular formula is C24H32O6. The van der Waals surface area contributed by atoms with Gasteiger partial charge < -0.3 is 18.9 Å². The zero-order valence-electron chi connectivity index (χ0n) is 18.4. The second-order valence-electron chi connectivity index (χ2n) is 6.80. The number of fused-ring (bicyclic) bond motifs is 1. The third-order valence-electron chi connectivity index (χ3n) is 4.57. The average molecular weight is 417 g/mol. The Morgan fingerprint density at radius 2 is 1.10 bits per heavy atom. The number of carbonyl (C=O) groups excluding carboxylic acids is 2. The highest BCUT2D eigenvalue weighted by Crippen LogP contribution is 2.42. The summed E-state index contributed by atoms with van der Waals surface area (Å²) in [5.41, 5.74) is 0.133. The number of rotatable bonds is 12. The van der Waals surface area contributed by atoms with E-state index in [0.29, 0.717) is 35.5 Å². The number of ether oxygens (including phenoxy) is 4. The molecule has 0 N–H and O–H groups in total. The quantitative estimate of drug-likeness (QED) is 0.334. The highest BCUT2D eigenvalue weighted by molar-refractivity contribution is 6.14. The van der Waals surface area contributed by atoms with E-state index in [1.54, 1.807) is 13.8 Å². The summed E-state index contributed by atoms with van der Waals surface area (Å²) < 4.78 is 22.7. The molecule has 6 nitrogen and oxygen atoms in total. The van der Waals surface area contributed by atoms with Crippen molar-refractivity contribution in [2.45, 2.75) is 53.4 Å². The Kier molecular flexibility index (Phi) is 9.45. The molecule has 6 heteroatoms. The van der Waals surface area contributed by atoms with Crippen LogP contribution in [0.4, 0.5) is 0 Å². The molecule has 0 aliphatic rings. The second kappa shape index (κ2) is 12.1. The highest BCUT2D eigenvalue weighted by Gasteiger charge is 2.32. The van der Waals surface area contributed by atoms with E-state index >= 15 is 0 Å². The lowest BCUT2D eigenvalue weighted by Gasteiger charge is -2.21. The molecule has 0 aromatic heterocycles. The summed E-state index contributed by atoms with van der Waals surface area (Å²) in [7, 11) is 0. The third-order valence-corrected chi connectivity index (χ3v) is 4.57. The molecule has 30 heavy (non-hydrogen) atoms. The summed E-state index contributed by atoms with van der Waals surface area (Å²) in [5.74, 6) is -0.580. The van der Waals surface area contributed by atoms with E-state index in [-0.39, 0.29) is 24.3 Å². The van der Waals surface area contributed by atoms with Gasteiger partial charge in [-0.15, -0.1) is 0 Å². The van der Waals surface area contributed by atoms with Crippen molar-refractivity contribution in [3.63, 3.8) is 0 Å². The minimum Gasteiger partial charge on any atom is -0.492 e. The van der Waals surface area contributed by atoms with Crippen LogP contribution < -0.4 is 9.47 Å². The Bertz CT molecular complexity index is 788. The first-order valence-corrected chi connectivity index (χ1v) is 10.8. The fourth-order valence-corrected chi connectivity index (χ4v) is 3.11. The normalized spacial score (nSPS) is 10.7. The van der Waals surface area contributed by atoms with Crippen LogP contribution in [0.1, 0.15) is 74.1 Å². The summed E-state index contributed by atoms with van der Waals surface area (Å²) in [4.78, 5) is 26.0. The van der Waals surface area contributed by atoms with E-state index in [1.165, 1.54) is 0 Å². The van der Waals surface area contributed by atoms with Crippen LogP contribution in [0, 0.1) is 0 Å². The van der Waals surface area contributed by atoms with Gasteiger partial charge >= 0.3 is 11.9 Å². The summed E-state index contributed by atoms with van der Waals surface area (Å²) in [6.45, 7) is 8.75. The van der Waals surface area contributed by atoms with Gasteiger partial charge in [0.25, 0.3) is 0 Å². The van der Waals surface area contributed by atoms with Crippen LogP contribution in [0.5, 0.6) is 11.5 Å². The minimum atomic E-state index is -0.627. The van der Waals surface area contributed by atoms with Crippen LogP contribution in [-0.4, -0.2) is 38.4 Å². The summed E-state index contributed by atoms with van der Waals surface area (Å²) in [6, 6.07) is 7.45. The molecule has 0 fully saturated rings. The Morgan fingerprint density at radius 3 is 1.43 bits per heavy atom. The van der Waals surface area contributed by atoms with Crippen molar-refractivity contribution in [3.05, 3.63) is 35.4 Å². The average Bonchev–Trinajstić information content (AvgIpc) is 2.74. The van der Waals surface area contributed by atoms with Gasteiger partial charge in [0.2, 0.25) is 0 Å². The van der Waals surface area contributed by atoms with Crippen molar-refractivity contribution >= 4 is 22.7 Å². The topological polar surface area (TPSA) is 71.1 Å². The Labute approximate surface area is 178 Å². The van der Waals surface area contributed by atoms with E-state index in [9.17, 15) is 9.59 Å². The van der Waals surface area contributed by atoms with Gasteiger partial charge in [-0.3, -0.25) is 0 Å². The Hall–Kier alpha value is -2.76. The van der Waals surface area contributed by atoms with Crippen LogP contribution in [0.25, 0.3) is 10.8 Å². The van der Waals surface area contributed by atoms with Gasteiger partial charge in [-0.1, -0.05) is 51.0 Å².